The fraction of sp³-hybridized carbons (Fsp3) is 0.242. The van der Waals surface area contributed by atoms with E-state index in [2.05, 4.69) is 34.1 Å². The molecule has 4 aromatic rings. The van der Waals surface area contributed by atoms with E-state index in [0.29, 0.717) is 19.4 Å². The van der Waals surface area contributed by atoms with Gasteiger partial charge in [0, 0.05) is 38.6 Å². The van der Waals surface area contributed by atoms with Gasteiger partial charge in [-0.25, -0.2) is 0 Å². The van der Waals surface area contributed by atoms with E-state index in [4.69, 9.17) is 4.74 Å². The van der Waals surface area contributed by atoms with Crippen molar-refractivity contribution in [1.82, 2.24) is 9.80 Å². The van der Waals surface area contributed by atoms with Crippen molar-refractivity contribution in [2.24, 2.45) is 0 Å². The number of hydrogen-bond acceptors (Lipinski definition) is 4. The van der Waals surface area contributed by atoms with E-state index in [0.717, 1.165) is 48.7 Å². The average Bonchev–Trinajstić information content (AvgIpc) is 2.95. The molecule has 1 unspecified atom stereocenters. The predicted octanol–water partition coefficient (Wildman–Crippen LogP) is 6.07. The molecule has 1 heterocycles. The van der Waals surface area contributed by atoms with E-state index in [1.807, 2.05) is 72.8 Å². The molecule has 1 atom stereocenters. The number of nitrogens with zero attached hydrogens (tertiary/aromatic N) is 2. The van der Waals surface area contributed by atoms with Crippen LogP contribution < -0.4 is 4.74 Å². The standard InChI is InChI=1S/C33H34N2O3/c36-30-18-15-26(16-19-30)23-29-25-34(24-27-9-3-1-4-10-27)21-22-35(29)33(37)20-17-28-11-7-8-14-32(28)38-31-12-5-2-6-13-31/h1-16,18-19,29,36H,17,20-25H2. The summed E-state index contributed by atoms with van der Waals surface area (Å²) in [5.41, 5.74) is 3.43. The summed E-state index contributed by atoms with van der Waals surface area (Å²) in [5.74, 6) is 2.00. The highest BCUT2D eigenvalue weighted by Crippen LogP contribution is 2.27. The van der Waals surface area contributed by atoms with Gasteiger partial charge in [0.15, 0.2) is 0 Å². The van der Waals surface area contributed by atoms with Crippen molar-refractivity contribution in [3.8, 4) is 17.2 Å². The highest BCUT2D eigenvalue weighted by atomic mass is 16.5. The molecule has 194 valence electrons. The van der Waals surface area contributed by atoms with Crippen LogP contribution in [0.5, 0.6) is 17.2 Å². The Morgan fingerprint density at radius 1 is 0.789 bits per heavy atom. The summed E-state index contributed by atoms with van der Waals surface area (Å²) in [7, 11) is 0. The van der Waals surface area contributed by atoms with Crippen LogP contribution in [0.15, 0.2) is 109 Å². The molecule has 0 bridgehead atoms. The Kier molecular flexibility index (Phi) is 8.36. The van der Waals surface area contributed by atoms with Gasteiger partial charge in [-0.3, -0.25) is 9.69 Å². The Hall–Kier alpha value is -4.09. The molecule has 1 aliphatic rings. The van der Waals surface area contributed by atoms with Crippen molar-refractivity contribution >= 4 is 5.91 Å². The Balaban J connectivity index is 1.27. The van der Waals surface area contributed by atoms with Crippen molar-refractivity contribution in [3.63, 3.8) is 0 Å². The first-order chi connectivity index (χ1) is 18.6. The van der Waals surface area contributed by atoms with Crippen LogP contribution in [0.4, 0.5) is 0 Å². The monoisotopic (exact) mass is 506 g/mol. The maximum absolute atomic E-state index is 13.6. The smallest absolute Gasteiger partial charge is 0.223 e. The van der Waals surface area contributed by atoms with E-state index in [9.17, 15) is 9.90 Å². The van der Waals surface area contributed by atoms with Crippen molar-refractivity contribution < 1.29 is 14.6 Å². The van der Waals surface area contributed by atoms with Crippen LogP contribution in [0, 0.1) is 0 Å². The molecule has 1 saturated heterocycles. The lowest BCUT2D eigenvalue weighted by Crippen LogP contribution is -2.55. The summed E-state index contributed by atoms with van der Waals surface area (Å²) in [6.07, 6.45) is 1.81. The quantitative estimate of drug-likeness (QED) is 0.299. The fourth-order valence-corrected chi connectivity index (χ4v) is 5.12. The lowest BCUT2D eigenvalue weighted by atomic mass is 10.00. The Morgan fingerprint density at radius 3 is 2.24 bits per heavy atom. The molecular formula is C33H34N2O3. The maximum Gasteiger partial charge on any atom is 0.223 e. The van der Waals surface area contributed by atoms with Gasteiger partial charge in [0.05, 0.1) is 0 Å². The van der Waals surface area contributed by atoms with Crippen LogP contribution >= 0.6 is 0 Å². The van der Waals surface area contributed by atoms with Crippen LogP contribution in [0.25, 0.3) is 0 Å². The number of phenols is 1. The third-order valence-corrected chi connectivity index (χ3v) is 7.10. The molecule has 4 aromatic carbocycles. The number of para-hydroxylation sites is 2. The Bertz CT molecular complexity index is 1310. The van der Waals surface area contributed by atoms with E-state index in [-0.39, 0.29) is 17.7 Å². The number of piperazine rings is 1. The lowest BCUT2D eigenvalue weighted by Gasteiger charge is -2.42. The average molecular weight is 507 g/mol. The third kappa shape index (κ3) is 6.81. The number of aryl methyl sites for hydroxylation is 1. The topological polar surface area (TPSA) is 53.0 Å². The number of aromatic hydroxyl groups is 1. The molecule has 1 amide bonds. The Labute approximate surface area is 224 Å². The van der Waals surface area contributed by atoms with E-state index in [1.165, 1.54) is 5.56 Å². The second kappa shape index (κ2) is 12.4. The van der Waals surface area contributed by atoms with E-state index < -0.39 is 0 Å². The number of ether oxygens (including phenoxy) is 1. The summed E-state index contributed by atoms with van der Waals surface area (Å²) in [6.45, 7) is 3.24. The fourth-order valence-electron chi connectivity index (χ4n) is 5.12. The molecule has 5 rings (SSSR count). The molecule has 5 heteroatoms. The number of hydrogen-bond donors (Lipinski definition) is 1. The first-order valence-electron chi connectivity index (χ1n) is 13.3. The largest absolute Gasteiger partial charge is 0.508 e. The molecule has 5 nitrogen and oxygen atoms in total. The second-order valence-electron chi connectivity index (χ2n) is 9.86. The molecule has 38 heavy (non-hydrogen) atoms. The maximum atomic E-state index is 13.6. The number of carbonyl (C=O) groups is 1. The van der Waals surface area contributed by atoms with Crippen LogP contribution in [-0.2, 0) is 24.2 Å². The van der Waals surface area contributed by atoms with Crippen LogP contribution in [0.2, 0.25) is 0 Å². The Morgan fingerprint density at radius 2 is 1.47 bits per heavy atom. The van der Waals surface area contributed by atoms with E-state index in [1.54, 1.807) is 12.1 Å². The zero-order valence-corrected chi connectivity index (χ0v) is 21.6. The summed E-state index contributed by atoms with van der Waals surface area (Å²) in [4.78, 5) is 18.1. The molecule has 1 fully saturated rings. The summed E-state index contributed by atoms with van der Waals surface area (Å²) < 4.78 is 6.12. The summed E-state index contributed by atoms with van der Waals surface area (Å²) >= 11 is 0. The van der Waals surface area contributed by atoms with Gasteiger partial charge >= 0.3 is 0 Å². The van der Waals surface area contributed by atoms with Crippen LogP contribution in [0.1, 0.15) is 23.1 Å². The van der Waals surface area contributed by atoms with Gasteiger partial charge in [-0.1, -0.05) is 78.9 Å². The number of benzene rings is 4. The van der Waals surface area contributed by atoms with Gasteiger partial charge in [0.2, 0.25) is 5.91 Å². The lowest BCUT2D eigenvalue weighted by molar-refractivity contribution is -0.136. The molecule has 0 radical (unpaired) electrons. The van der Waals surface area contributed by atoms with Gasteiger partial charge < -0.3 is 14.7 Å². The summed E-state index contributed by atoms with van der Waals surface area (Å²) in [5, 5.41) is 9.72. The number of carbonyl (C=O) groups excluding carboxylic acids is 1. The summed E-state index contributed by atoms with van der Waals surface area (Å²) in [6, 6.07) is 35.6. The highest BCUT2D eigenvalue weighted by Gasteiger charge is 2.30. The van der Waals surface area contributed by atoms with Crippen molar-refractivity contribution in [3.05, 3.63) is 126 Å². The highest BCUT2D eigenvalue weighted by molar-refractivity contribution is 5.77. The van der Waals surface area contributed by atoms with Gasteiger partial charge in [0.25, 0.3) is 0 Å². The molecule has 0 spiro atoms. The zero-order valence-electron chi connectivity index (χ0n) is 21.6. The number of phenolic OH excluding ortho intramolecular Hbond substituents is 1. The van der Waals surface area contributed by atoms with Crippen LogP contribution in [0.3, 0.4) is 0 Å². The van der Waals surface area contributed by atoms with Crippen LogP contribution in [-0.4, -0.2) is 46.5 Å². The molecular weight excluding hydrogens is 472 g/mol. The second-order valence-corrected chi connectivity index (χ2v) is 9.86. The van der Waals surface area contributed by atoms with E-state index >= 15 is 0 Å². The van der Waals surface area contributed by atoms with Gasteiger partial charge in [-0.15, -0.1) is 0 Å². The zero-order chi connectivity index (χ0) is 26.2. The minimum absolute atomic E-state index is 0.0697. The van der Waals surface area contributed by atoms with Crippen molar-refractivity contribution in [2.75, 3.05) is 19.6 Å². The number of amides is 1. The molecule has 0 aliphatic carbocycles. The molecule has 0 saturated carbocycles. The predicted molar refractivity (Wildman–Crippen MR) is 150 cm³/mol. The third-order valence-electron chi connectivity index (χ3n) is 7.10. The van der Waals surface area contributed by atoms with Gasteiger partial charge in [-0.05, 0) is 59.9 Å². The van der Waals surface area contributed by atoms with Gasteiger partial charge in [-0.2, -0.15) is 0 Å². The first-order valence-corrected chi connectivity index (χ1v) is 13.3. The number of rotatable bonds is 9. The molecule has 0 aromatic heterocycles. The normalized spacial score (nSPS) is 15.8. The van der Waals surface area contributed by atoms with Crippen molar-refractivity contribution in [2.45, 2.75) is 31.8 Å². The molecule has 1 N–H and O–H groups in total. The van der Waals surface area contributed by atoms with Crippen molar-refractivity contribution in [1.29, 1.82) is 0 Å². The van der Waals surface area contributed by atoms with Gasteiger partial charge in [0.1, 0.15) is 17.2 Å². The molecule has 1 aliphatic heterocycles. The minimum atomic E-state index is 0.0697. The first kappa shape index (κ1) is 25.6. The SMILES string of the molecule is O=C(CCc1ccccc1Oc1ccccc1)N1CCN(Cc2ccccc2)CC1Cc1ccc(O)cc1. The minimum Gasteiger partial charge on any atom is -0.508 e.